The molecule has 0 spiro atoms. The van der Waals surface area contributed by atoms with E-state index in [1.54, 1.807) is 49.6 Å². The number of methoxy groups -OCH3 is 1. The third-order valence-electron chi connectivity index (χ3n) is 3.53. The van der Waals surface area contributed by atoms with Gasteiger partial charge in [0.1, 0.15) is 5.75 Å². The van der Waals surface area contributed by atoms with Gasteiger partial charge in [0.2, 0.25) is 11.8 Å². The van der Waals surface area contributed by atoms with Gasteiger partial charge in [0, 0.05) is 31.3 Å². The Morgan fingerprint density at radius 3 is 2.32 bits per heavy atom. The van der Waals surface area contributed by atoms with Crippen molar-refractivity contribution in [2.24, 2.45) is 0 Å². The van der Waals surface area contributed by atoms with Crippen molar-refractivity contribution in [2.45, 2.75) is 13.3 Å². The quantitative estimate of drug-likeness (QED) is 0.808. The Bertz CT molecular complexity index is 763. The minimum atomic E-state index is -0.198. The zero-order valence-electron chi connectivity index (χ0n) is 13.9. The highest BCUT2D eigenvalue weighted by Gasteiger charge is 2.15. The van der Waals surface area contributed by atoms with E-state index in [0.717, 1.165) is 0 Å². The third-order valence-corrected chi connectivity index (χ3v) is 4.27. The number of nitrogens with zero attached hydrogens (tertiary/aromatic N) is 1. The fourth-order valence-electron chi connectivity index (χ4n) is 2.23. The van der Waals surface area contributed by atoms with Gasteiger partial charge in [-0.05, 0) is 42.5 Å². The van der Waals surface area contributed by atoms with Crippen LogP contribution in [0.3, 0.4) is 0 Å². The first kappa shape index (κ1) is 19.1. The summed E-state index contributed by atoms with van der Waals surface area (Å²) in [6.45, 7) is 1.67. The summed E-state index contributed by atoms with van der Waals surface area (Å²) in [6, 6.07) is 11.9. The van der Waals surface area contributed by atoms with Crippen LogP contribution in [0.15, 0.2) is 42.5 Å². The Labute approximate surface area is 156 Å². The zero-order chi connectivity index (χ0) is 18.4. The van der Waals surface area contributed by atoms with Gasteiger partial charge in [0.15, 0.2) is 0 Å². The first-order valence-corrected chi connectivity index (χ1v) is 8.33. The molecule has 2 aromatic carbocycles. The maximum atomic E-state index is 12.1. The van der Waals surface area contributed by atoms with Gasteiger partial charge in [-0.1, -0.05) is 23.2 Å². The first-order valence-electron chi connectivity index (χ1n) is 7.57. The lowest BCUT2D eigenvalue weighted by molar-refractivity contribution is -0.117. The lowest BCUT2D eigenvalue weighted by Crippen LogP contribution is -2.31. The van der Waals surface area contributed by atoms with Crippen LogP contribution in [-0.4, -0.2) is 25.5 Å². The summed E-state index contributed by atoms with van der Waals surface area (Å²) in [5, 5.41) is 3.54. The average molecular weight is 381 g/mol. The number of anilines is 2. The molecule has 0 saturated carbocycles. The van der Waals surface area contributed by atoms with E-state index in [-0.39, 0.29) is 24.8 Å². The molecular formula is C18H18Cl2N2O3. The molecule has 25 heavy (non-hydrogen) atoms. The summed E-state index contributed by atoms with van der Waals surface area (Å²) in [6.07, 6.45) is 0.145. The Hall–Kier alpha value is -2.24. The summed E-state index contributed by atoms with van der Waals surface area (Å²) in [5.74, 6) is 0.326. The predicted octanol–water partition coefficient (Wildman–Crippen LogP) is 4.38. The summed E-state index contributed by atoms with van der Waals surface area (Å²) >= 11 is 11.9. The Kier molecular flexibility index (Phi) is 6.67. The van der Waals surface area contributed by atoms with Gasteiger partial charge in [0.25, 0.3) is 0 Å². The third kappa shape index (κ3) is 5.37. The van der Waals surface area contributed by atoms with E-state index in [4.69, 9.17) is 27.9 Å². The van der Waals surface area contributed by atoms with Gasteiger partial charge >= 0.3 is 0 Å². The Morgan fingerprint density at radius 1 is 1.08 bits per heavy atom. The highest BCUT2D eigenvalue weighted by Crippen LogP contribution is 2.27. The van der Waals surface area contributed by atoms with E-state index in [1.807, 2.05) is 0 Å². The first-order chi connectivity index (χ1) is 11.9. The summed E-state index contributed by atoms with van der Waals surface area (Å²) in [7, 11) is 1.58. The Morgan fingerprint density at radius 2 is 1.76 bits per heavy atom. The SMILES string of the molecule is COc1ccc(NC(=O)CCN(C(C)=O)c2ccc(Cl)c(Cl)c2)cc1. The van der Waals surface area contributed by atoms with Crippen LogP contribution in [-0.2, 0) is 9.59 Å². The highest BCUT2D eigenvalue weighted by molar-refractivity contribution is 6.42. The lowest BCUT2D eigenvalue weighted by Gasteiger charge is -2.21. The molecular weight excluding hydrogens is 363 g/mol. The van der Waals surface area contributed by atoms with Gasteiger partial charge in [-0.2, -0.15) is 0 Å². The van der Waals surface area contributed by atoms with Crippen LogP contribution < -0.4 is 15.0 Å². The number of benzene rings is 2. The molecule has 0 aliphatic carbocycles. The maximum absolute atomic E-state index is 12.1. The average Bonchev–Trinajstić information content (AvgIpc) is 2.58. The molecule has 0 aliphatic heterocycles. The van der Waals surface area contributed by atoms with Crippen LogP contribution in [0.5, 0.6) is 5.75 Å². The van der Waals surface area contributed by atoms with E-state index in [9.17, 15) is 9.59 Å². The van der Waals surface area contributed by atoms with Crippen molar-refractivity contribution in [3.8, 4) is 5.75 Å². The largest absolute Gasteiger partial charge is 0.497 e. The number of carbonyl (C=O) groups is 2. The van der Waals surface area contributed by atoms with Gasteiger partial charge in [-0.25, -0.2) is 0 Å². The summed E-state index contributed by atoms with van der Waals surface area (Å²) < 4.78 is 5.07. The molecule has 0 bridgehead atoms. The van der Waals surface area contributed by atoms with Crippen LogP contribution in [0, 0.1) is 0 Å². The molecule has 1 N–H and O–H groups in total. The topological polar surface area (TPSA) is 58.6 Å². The molecule has 0 radical (unpaired) electrons. The second-order valence-electron chi connectivity index (χ2n) is 5.30. The number of halogens is 2. The molecule has 7 heteroatoms. The molecule has 0 aliphatic rings. The normalized spacial score (nSPS) is 10.2. The number of carbonyl (C=O) groups excluding carboxylic acids is 2. The van der Waals surface area contributed by atoms with Crippen LogP contribution in [0.4, 0.5) is 11.4 Å². The second-order valence-corrected chi connectivity index (χ2v) is 6.11. The van der Waals surface area contributed by atoms with Crippen molar-refractivity contribution >= 4 is 46.4 Å². The number of hydrogen-bond donors (Lipinski definition) is 1. The molecule has 2 rings (SSSR count). The fourth-order valence-corrected chi connectivity index (χ4v) is 2.52. The van der Waals surface area contributed by atoms with Crippen LogP contribution in [0.1, 0.15) is 13.3 Å². The van der Waals surface area contributed by atoms with Crippen LogP contribution >= 0.6 is 23.2 Å². The molecule has 0 fully saturated rings. The van der Waals surface area contributed by atoms with Crippen molar-refractivity contribution in [2.75, 3.05) is 23.9 Å². The number of nitrogens with one attached hydrogen (secondary N) is 1. The molecule has 0 saturated heterocycles. The standard InChI is InChI=1S/C18H18Cl2N2O3/c1-12(23)22(14-5-8-16(19)17(20)11-14)10-9-18(24)21-13-3-6-15(25-2)7-4-13/h3-8,11H,9-10H2,1-2H3,(H,21,24). The molecule has 132 valence electrons. The van der Waals surface area contributed by atoms with Gasteiger partial charge in [-0.3, -0.25) is 9.59 Å². The second kappa shape index (κ2) is 8.74. The van der Waals surface area contributed by atoms with Crippen molar-refractivity contribution in [1.29, 1.82) is 0 Å². The van der Waals surface area contributed by atoms with E-state index >= 15 is 0 Å². The van der Waals surface area contributed by atoms with Gasteiger partial charge in [-0.15, -0.1) is 0 Å². The smallest absolute Gasteiger partial charge is 0.226 e. The van der Waals surface area contributed by atoms with E-state index in [0.29, 0.717) is 27.2 Å². The number of rotatable bonds is 6. The monoisotopic (exact) mass is 380 g/mol. The predicted molar refractivity (Wildman–Crippen MR) is 101 cm³/mol. The lowest BCUT2D eigenvalue weighted by atomic mass is 10.2. The van der Waals surface area contributed by atoms with Crippen molar-refractivity contribution in [1.82, 2.24) is 0 Å². The van der Waals surface area contributed by atoms with Gasteiger partial charge in [0.05, 0.1) is 17.2 Å². The molecule has 0 aromatic heterocycles. The number of hydrogen-bond acceptors (Lipinski definition) is 3. The fraction of sp³-hybridized carbons (Fsp3) is 0.222. The Balaban J connectivity index is 1.99. The molecule has 0 unspecified atom stereocenters. The molecule has 0 atom stereocenters. The molecule has 5 nitrogen and oxygen atoms in total. The minimum absolute atomic E-state index is 0.145. The minimum Gasteiger partial charge on any atom is -0.497 e. The number of amides is 2. The zero-order valence-corrected chi connectivity index (χ0v) is 15.4. The van der Waals surface area contributed by atoms with Crippen molar-refractivity contribution in [3.63, 3.8) is 0 Å². The summed E-state index contributed by atoms with van der Waals surface area (Å²) in [4.78, 5) is 25.5. The van der Waals surface area contributed by atoms with E-state index in [2.05, 4.69) is 5.32 Å². The van der Waals surface area contributed by atoms with Crippen LogP contribution in [0.25, 0.3) is 0 Å². The summed E-state index contributed by atoms with van der Waals surface area (Å²) in [5.41, 5.74) is 1.26. The van der Waals surface area contributed by atoms with E-state index in [1.165, 1.54) is 11.8 Å². The van der Waals surface area contributed by atoms with E-state index < -0.39 is 0 Å². The van der Waals surface area contributed by atoms with Gasteiger partial charge < -0.3 is 15.0 Å². The molecule has 2 amide bonds. The molecule has 0 heterocycles. The van der Waals surface area contributed by atoms with Crippen molar-refractivity contribution < 1.29 is 14.3 Å². The highest BCUT2D eigenvalue weighted by atomic mass is 35.5. The van der Waals surface area contributed by atoms with Crippen molar-refractivity contribution in [3.05, 3.63) is 52.5 Å². The number of ether oxygens (including phenoxy) is 1. The van der Waals surface area contributed by atoms with Crippen LogP contribution in [0.2, 0.25) is 10.0 Å². The maximum Gasteiger partial charge on any atom is 0.226 e. The molecule has 2 aromatic rings.